The van der Waals surface area contributed by atoms with Crippen LogP contribution in [0.2, 0.25) is 0 Å². The van der Waals surface area contributed by atoms with E-state index in [1.807, 2.05) is 0 Å². The van der Waals surface area contributed by atoms with Crippen LogP contribution in [0.4, 0.5) is 0 Å². The van der Waals surface area contributed by atoms with E-state index in [1.54, 1.807) is 30.3 Å². The third-order valence-electron chi connectivity index (χ3n) is 2.26. The second-order valence-corrected chi connectivity index (χ2v) is 3.36. The third kappa shape index (κ3) is 2.20. The molecule has 17 heavy (non-hydrogen) atoms. The van der Waals surface area contributed by atoms with E-state index < -0.39 is 6.10 Å². The standard InChI is InChI=1S/C12H8N2O3/c13-5-9(10(15)6-14)3-8-1-2-11-12(4-8)17-7-16-11/h1-4,10,15H,7H2. The molecule has 0 amide bonds. The molecule has 1 aromatic carbocycles. The quantitative estimate of drug-likeness (QED) is 0.607. The summed E-state index contributed by atoms with van der Waals surface area (Å²) in [6.45, 7) is 0.175. The molecule has 2 rings (SSSR count). The van der Waals surface area contributed by atoms with Crippen LogP contribution in [-0.2, 0) is 0 Å². The fraction of sp³-hybridized carbons (Fsp3) is 0.167. The summed E-state index contributed by atoms with van der Waals surface area (Å²) in [5.41, 5.74) is 0.659. The van der Waals surface area contributed by atoms with Crippen LogP contribution in [0.1, 0.15) is 5.56 Å². The zero-order valence-electron chi connectivity index (χ0n) is 8.75. The van der Waals surface area contributed by atoms with E-state index in [4.69, 9.17) is 20.0 Å². The highest BCUT2D eigenvalue weighted by Crippen LogP contribution is 2.33. The number of fused-ring (bicyclic) bond motifs is 1. The zero-order valence-corrected chi connectivity index (χ0v) is 8.75. The summed E-state index contributed by atoms with van der Waals surface area (Å²) in [7, 11) is 0. The molecule has 1 unspecified atom stereocenters. The molecule has 0 radical (unpaired) electrons. The Morgan fingerprint density at radius 1 is 1.35 bits per heavy atom. The Labute approximate surface area is 97.7 Å². The van der Waals surface area contributed by atoms with Crippen LogP contribution >= 0.6 is 0 Å². The van der Waals surface area contributed by atoms with Gasteiger partial charge >= 0.3 is 0 Å². The van der Waals surface area contributed by atoms with Crippen LogP contribution in [0, 0.1) is 22.7 Å². The second kappa shape index (κ2) is 4.56. The Morgan fingerprint density at radius 2 is 2.12 bits per heavy atom. The first-order valence-corrected chi connectivity index (χ1v) is 4.83. The number of hydrogen-bond acceptors (Lipinski definition) is 5. The van der Waals surface area contributed by atoms with Gasteiger partial charge in [0.25, 0.3) is 0 Å². The molecule has 0 saturated heterocycles. The molecule has 5 heteroatoms. The van der Waals surface area contributed by atoms with Crippen LogP contribution in [-0.4, -0.2) is 18.0 Å². The average molecular weight is 228 g/mol. The van der Waals surface area contributed by atoms with Gasteiger partial charge in [0.2, 0.25) is 6.79 Å². The fourth-order valence-electron chi connectivity index (χ4n) is 1.42. The maximum absolute atomic E-state index is 9.26. The van der Waals surface area contributed by atoms with Crippen LogP contribution in [0.5, 0.6) is 11.5 Å². The molecule has 84 valence electrons. The topological polar surface area (TPSA) is 86.3 Å². The summed E-state index contributed by atoms with van der Waals surface area (Å²) in [6.07, 6.45) is 0.0287. The van der Waals surface area contributed by atoms with Gasteiger partial charge in [0.1, 0.15) is 0 Å². The molecule has 1 aliphatic heterocycles. The van der Waals surface area contributed by atoms with Gasteiger partial charge in [-0.2, -0.15) is 10.5 Å². The minimum Gasteiger partial charge on any atom is -0.454 e. The summed E-state index contributed by atoms with van der Waals surface area (Å²) in [6, 6.07) is 8.49. The first-order valence-electron chi connectivity index (χ1n) is 4.83. The number of nitrogens with zero attached hydrogens (tertiary/aromatic N) is 2. The van der Waals surface area contributed by atoms with E-state index >= 15 is 0 Å². The molecular formula is C12H8N2O3. The van der Waals surface area contributed by atoms with Crippen molar-refractivity contribution < 1.29 is 14.6 Å². The highest BCUT2D eigenvalue weighted by Gasteiger charge is 2.14. The van der Waals surface area contributed by atoms with Gasteiger partial charge in [0.05, 0.1) is 17.7 Å². The minimum absolute atomic E-state index is 0.00800. The van der Waals surface area contributed by atoms with Gasteiger partial charge in [0.15, 0.2) is 17.6 Å². The van der Waals surface area contributed by atoms with Gasteiger partial charge < -0.3 is 14.6 Å². The third-order valence-corrected chi connectivity index (χ3v) is 2.26. The summed E-state index contributed by atoms with van der Waals surface area (Å²) in [4.78, 5) is 0. The number of benzene rings is 1. The van der Waals surface area contributed by atoms with Crippen LogP contribution < -0.4 is 9.47 Å². The van der Waals surface area contributed by atoms with Gasteiger partial charge in [-0.3, -0.25) is 0 Å². The highest BCUT2D eigenvalue weighted by molar-refractivity contribution is 5.62. The number of aliphatic hydroxyl groups is 1. The molecule has 0 aliphatic carbocycles. The Hall–Kier alpha value is -2.50. The van der Waals surface area contributed by atoms with Crippen molar-refractivity contribution in [2.75, 3.05) is 6.79 Å². The van der Waals surface area contributed by atoms with Crippen molar-refractivity contribution in [1.29, 1.82) is 10.5 Å². The predicted octanol–water partition coefficient (Wildman–Crippen LogP) is 1.21. The van der Waals surface area contributed by atoms with Crippen molar-refractivity contribution in [2.24, 2.45) is 0 Å². The number of ether oxygens (including phenoxy) is 2. The lowest BCUT2D eigenvalue weighted by Gasteiger charge is -2.01. The van der Waals surface area contributed by atoms with E-state index in [2.05, 4.69) is 0 Å². The Balaban J connectivity index is 2.33. The van der Waals surface area contributed by atoms with Crippen molar-refractivity contribution in [3.05, 3.63) is 29.3 Å². The lowest BCUT2D eigenvalue weighted by atomic mass is 10.1. The minimum atomic E-state index is -1.41. The van der Waals surface area contributed by atoms with E-state index in [9.17, 15) is 5.11 Å². The highest BCUT2D eigenvalue weighted by atomic mass is 16.7. The van der Waals surface area contributed by atoms with Crippen molar-refractivity contribution in [1.82, 2.24) is 0 Å². The van der Waals surface area contributed by atoms with Crippen molar-refractivity contribution in [3.8, 4) is 23.6 Å². The van der Waals surface area contributed by atoms with Crippen molar-refractivity contribution in [3.63, 3.8) is 0 Å². The van der Waals surface area contributed by atoms with E-state index in [1.165, 1.54) is 6.08 Å². The van der Waals surface area contributed by atoms with Gasteiger partial charge in [-0.15, -0.1) is 0 Å². The van der Waals surface area contributed by atoms with Gasteiger partial charge in [-0.05, 0) is 23.8 Å². The summed E-state index contributed by atoms with van der Waals surface area (Å²) >= 11 is 0. The molecule has 0 bridgehead atoms. The van der Waals surface area contributed by atoms with Gasteiger partial charge in [0, 0.05) is 0 Å². The first-order chi connectivity index (χ1) is 8.24. The normalized spacial score (nSPS) is 14.9. The predicted molar refractivity (Wildman–Crippen MR) is 57.8 cm³/mol. The summed E-state index contributed by atoms with van der Waals surface area (Å²) < 4.78 is 10.3. The van der Waals surface area contributed by atoms with Crippen LogP contribution in [0.25, 0.3) is 6.08 Å². The summed E-state index contributed by atoms with van der Waals surface area (Å²) in [5, 5.41) is 26.6. The molecular weight excluding hydrogens is 220 g/mol. The Bertz CT molecular complexity index is 552. The monoisotopic (exact) mass is 228 g/mol. The maximum atomic E-state index is 9.26. The molecule has 5 nitrogen and oxygen atoms in total. The number of rotatable bonds is 2. The molecule has 0 saturated carbocycles. The molecule has 1 aromatic rings. The lowest BCUT2D eigenvalue weighted by Crippen LogP contribution is -2.04. The largest absolute Gasteiger partial charge is 0.454 e. The number of hydrogen-bond donors (Lipinski definition) is 1. The van der Waals surface area contributed by atoms with Crippen molar-refractivity contribution in [2.45, 2.75) is 6.10 Å². The molecule has 0 fully saturated rings. The van der Waals surface area contributed by atoms with Gasteiger partial charge in [-0.1, -0.05) is 6.07 Å². The van der Waals surface area contributed by atoms with E-state index in [-0.39, 0.29) is 12.4 Å². The summed E-state index contributed by atoms with van der Waals surface area (Å²) in [5.74, 6) is 1.23. The van der Waals surface area contributed by atoms with E-state index in [0.29, 0.717) is 17.1 Å². The van der Waals surface area contributed by atoms with Crippen molar-refractivity contribution >= 4 is 6.08 Å². The second-order valence-electron chi connectivity index (χ2n) is 3.36. The molecule has 0 spiro atoms. The Morgan fingerprint density at radius 3 is 2.82 bits per heavy atom. The zero-order chi connectivity index (χ0) is 12.3. The number of nitriles is 2. The van der Waals surface area contributed by atoms with E-state index in [0.717, 1.165) is 0 Å². The number of aliphatic hydroxyl groups excluding tert-OH is 1. The molecule has 1 aliphatic rings. The first kappa shape index (κ1) is 11.0. The maximum Gasteiger partial charge on any atom is 0.231 e. The lowest BCUT2D eigenvalue weighted by molar-refractivity contribution is 0.174. The molecule has 1 N–H and O–H groups in total. The molecule has 1 atom stereocenters. The molecule has 1 heterocycles. The van der Waals surface area contributed by atoms with Crippen LogP contribution in [0.3, 0.4) is 0 Å². The SMILES string of the molecule is N#CC(=Cc1ccc2c(c1)OCO2)C(O)C#N. The average Bonchev–Trinajstić information content (AvgIpc) is 2.82. The van der Waals surface area contributed by atoms with Gasteiger partial charge in [-0.25, -0.2) is 0 Å². The fourth-order valence-corrected chi connectivity index (χ4v) is 1.42. The molecule has 0 aromatic heterocycles. The van der Waals surface area contributed by atoms with Crippen LogP contribution in [0.15, 0.2) is 23.8 Å². The smallest absolute Gasteiger partial charge is 0.231 e. The Kier molecular flexibility index (Phi) is 2.95.